The van der Waals surface area contributed by atoms with Crippen LogP contribution in [0.25, 0.3) is 6.08 Å². The monoisotopic (exact) mass is 520 g/mol. The lowest BCUT2D eigenvalue weighted by molar-refractivity contribution is -0.115. The number of methoxy groups -OCH3 is 1. The summed E-state index contributed by atoms with van der Waals surface area (Å²) in [5.74, 6) is 3.60. The predicted octanol–water partition coefficient (Wildman–Crippen LogP) is 5.12. The smallest absolute Gasteiger partial charge is 0.264 e. The third-order valence-corrected chi connectivity index (χ3v) is 5.66. The minimum atomic E-state index is -0.197. The van der Waals surface area contributed by atoms with E-state index >= 15 is 0 Å². The summed E-state index contributed by atoms with van der Waals surface area (Å²) in [5, 5.41) is 3.30. The third-order valence-electron chi connectivity index (χ3n) is 3.57. The van der Waals surface area contributed by atoms with Crippen molar-refractivity contribution in [1.29, 1.82) is 0 Å². The summed E-state index contributed by atoms with van der Waals surface area (Å²) >= 11 is 8.21. The molecule has 0 atom stereocenters. The number of amides is 1. The molecule has 0 unspecified atom stereocenters. The first-order valence-corrected chi connectivity index (χ1v) is 10.4. The molecule has 1 heterocycles. The molecule has 1 aliphatic heterocycles. The summed E-state index contributed by atoms with van der Waals surface area (Å²) in [6.07, 6.45) is 7.02. The van der Waals surface area contributed by atoms with E-state index in [0.29, 0.717) is 15.8 Å². The summed E-state index contributed by atoms with van der Waals surface area (Å²) in [6.45, 7) is 0.168. The number of rotatable bonds is 5. The van der Waals surface area contributed by atoms with Crippen LogP contribution in [0.4, 0.5) is 5.69 Å². The largest absolute Gasteiger partial charge is 0.497 e. The number of nitrogens with zero attached hydrogens (tertiary/aromatic N) is 1. The standard InChI is InChI=1S/C20H14Br2N2O3S/c1-3-8-27-18-15(21)9-12(10-16(18)22)11-17-19(25)24-20(28-17)23-13-4-6-14(26-2)7-5-13/h1,4-7,9-11H,8H2,2H3,(H,23,24,25)/b17-11+. The van der Waals surface area contributed by atoms with Gasteiger partial charge >= 0.3 is 0 Å². The van der Waals surface area contributed by atoms with E-state index in [1.165, 1.54) is 11.8 Å². The Hall–Kier alpha value is -2.21. The molecule has 2 aromatic carbocycles. The highest BCUT2D eigenvalue weighted by Crippen LogP contribution is 2.36. The van der Waals surface area contributed by atoms with Crippen molar-refractivity contribution in [2.75, 3.05) is 13.7 Å². The lowest BCUT2D eigenvalue weighted by Crippen LogP contribution is -2.19. The summed E-state index contributed by atoms with van der Waals surface area (Å²) < 4.78 is 12.1. The molecule has 0 saturated carbocycles. The number of benzene rings is 2. The van der Waals surface area contributed by atoms with Crippen LogP contribution in [0.5, 0.6) is 11.5 Å². The van der Waals surface area contributed by atoms with E-state index in [9.17, 15) is 4.79 Å². The molecule has 0 aliphatic carbocycles. The van der Waals surface area contributed by atoms with Gasteiger partial charge in [0, 0.05) is 0 Å². The number of ether oxygens (including phenoxy) is 2. The summed E-state index contributed by atoms with van der Waals surface area (Å²) in [7, 11) is 1.61. The number of nitrogens with one attached hydrogen (secondary N) is 1. The van der Waals surface area contributed by atoms with Gasteiger partial charge in [0.05, 0.1) is 26.6 Å². The number of hydrogen-bond donors (Lipinski definition) is 1. The first kappa shape index (κ1) is 20.5. The van der Waals surface area contributed by atoms with Crippen LogP contribution in [0.2, 0.25) is 0 Å². The molecule has 8 heteroatoms. The zero-order valence-electron chi connectivity index (χ0n) is 14.7. The Bertz CT molecular complexity index is 988. The van der Waals surface area contributed by atoms with Crippen molar-refractivity contribution in [3.63, 3.8) is 0 Å². The molecule has 1 saturated heterocycles. The fourth-order valence-corrected chi connectivity index (χ4v) is 4.61. The molecule has 5 nitrogen and oxygen atoms in total. The number of hydrogen-bond acceptors (Lipinski definition) is 5. The fraction of sp³-hybridized carbons (Fsp3) is 0.100. The molecule has 1 N–H and O–H groups in total. The lowest BCUT2D eigenvalue weighted by Gasteiger charge is -2.09. The highest BCUT2D eigenvalue weighted by Gasteiger charge is 2.24. The molecular formula is C20H14Br2N2O3S. The number of terminal acetylenes is 1. The van der Waals surface area contributed by atoms with Crippen molar-refractivity contribution in [3.8, 4) is 23.8 Å². The van der Waals surface area contributed by atoms with Gasteiger partial charge in [-0.3, -0.25) is 4.79 Å². The molecule has 142 valence electrons. The van der Waals surface area contributed by atoms with Crippen molar-refractivity contribution >= 4 is 66.5 Å². The number of aliphatic imine (C=N–C) groups is 1. The van der Waals surface area contributed by atoms with Crippen LogP contribution in [-0.2, 0) is 4.79 Å². The lowest BCUT2D eigenvalue weighted by atomic mass is 10.2. The Morgan fingerprint density at radius 1 is 1.25 bits per heavy atom. The number of amidine groups is 1. The van der Waals surface area contributed by atoms with Gasteiger partial charge in [0.1, 0.15) is 18.1 Å². The minimum Gasteiger partial charge on any atom is -0.497 e. The Morgan fingerprint density at radius 3 is 2.54 bits per heavy atom. The van der Waals surface area contributed by atoms with Gasteiger partial charge in [0.25, 0.3) is 5.91 Å². The fourth-order valence-electron chi connectivity index (χ4n) is 2.32. The van der Waals surface area contributed by atoms with E-state index < -0.39 is 0 Å². The summed E-state index contributed by atoms with van der Waals surface area (Å²) in [6, 6.07) is 11.0. The molecule has 1 fully saturated rings. The maximum atomic E-state index is 12.3. The maximum Gasteiger partial charge on any atom is 0.264 e. The molecule has 0 spiro atoms. The second-order valence-electron chi connectivity index (χ2n) is 5.49. The van der Waals surface area contributed by atoms with Crippen molar-refractivity contribution in [1.82, 2.24) is 5.32 Å². The highest BCUT2D eigenvalue weighted by atomic mass is 79.9. The summed E-state index contributed by atoms with van der Waals surface area (Å²) in [5.41, 5.74) is 1.56. The van der Waals surface area contributed by atoms with Gasteiger partial charge in [-0.15, -0.1) is 6.42 Å². The van der Waals surface area contributed by atoms with Crippen molar-refractivity contribution in [2.45, 2.75) is 0 Å². The van der Waals surface area contributed by atoms with Crippen LogP contribution < -0.4 is 14.8 Å². The molecule has 2 aromatic rings. The van der Waals surface area contributed by atoms with Gasteiger partial charge in [0.2, 0.25) is 0 Å². The first-order valence-electron chi connectivity index (χ1n) is 7.99. The zero-order chi connectivity index (χ0) is 20.1. The topological polar surface area (TPSA) is 59.9 Å². The number of thioether (sulfide) groups is 1. The Balaban J connectivity index is 1.80. The van der Waals surface area contributed by atoms with Crippen LogP contribution in [0.3, 0.4) is 0 Å². The molecule has 3 rings (SSSR count). The van der Waals surface area contributed by atoms with Crippen molar-refractivity contribution in [3.05, 3.63) is 55.8 Å². The van der Waals surface area contributed by atoms with Crippen LogP contribution in [-0.4, -0.2) is 24.8 Å². The third kappa shape index (κ3) is 4.98. The highest BCUT2D eigenvalue weighted by molar-refractivity contribution is 9.11. The molecule has 1 amide bonds. The van der Waals surface area contributed by atoms with E-state index in [4.69, 9.17) is 15.9 Å². The van der Waals surface area contributed by atoms with Gasteiger partial charge in [-0.25, -0.2) is 4.99 Å². The van der Waals surface area contributed by atoms with E-state index in [1.54, 1.807) is 13.2 Å². The normalized spacial score (nSPS) is 16.1. The van der Waals surface area contributed by atoms with E-state index in [-0.39, 0.29) is 12.5 Å². The number of carbonyl (C=O) groups is 1. The quantitative estimate of drug-likeness (QED) is 0.438. The molecule has 1 aliphatic rings. The Morgan fingerprint density at radius 2 is 1.93 bits per heavy atom. The van der Waals surface area contributed by atoms with Gasteiger partial charge < -0.3 is 14.8 Å². The number of halogens is 2. The van der Waals surface area contributed by atoms with E-state index in [2.05, 4.69) is 48.1 Å². The molecule has 0 aromatic heterocycles. The Kier molecular flexibility index (Phi) is 6.83. The maximum absolute atomic E-state index is 12.3. The Labute approximate surface area is 183 Å². The molecule has 0 radical (unpaired) electrons. The molecule has 28 heavy (non-hydrogen) atoms. The van der Waals surface area contributed by atoms with E-state index in [1.807, 2.05) is 36.4 Å². The van der Waals surface area contributed by atoms with E-state index in [0.717, 1.165) is 25.9 Å². The summed E-state index contributed by atoms with van der Waals surface area (Å²) in [4.78, 5) is 17.3. The van der Waals surface area contributed by atoms with Gasteiger partial charge in [0.15, 0.2) is 5.17 Å². The van der Waals surface area contributed by atoms with Gasteiger partial charge in [-0.1, -0.05) is 5.92 Å². The van der Waals surface area contributed by atoms with Crippen LogP contribution in [0.15, 0.2) is 55.2 Å². The van der Waals surface area contributed by atoms with Gasteiger partial charge in [-0.05, 0) is 91.7 Å². The minimum absolute atomic E-state index is 0.168. The predicted molar refractivity (Wildman–Crippen MR) is 120 cm³/mol. The van der Waals surface area contributed by atoms with Crippen LogP contribution in [0, 0.1) is 12.3 Å². The average Bonchev–Trinajstić information content (AvgIpc) is 3.00. The van der Waals surface area contributed by atoms with Crippen molar-refractivity contribution < 1.29 is 14.3 Å². The average molecular weight is 522 g/mol. The molecular weight excluding hydrogens is 508 g/mol. The second kappa shape index (κ2) is 9.32. The molecule has 0 bridgehead atoms. The van der Waals surface area contributed by atoms with Crippen LogP contribution in [0.1, 0.15) is 5.56 Å². The zero-order valence-corrected chi connectivity index (χ0v) is 18.7. The number of carbonyl (C=O) groups excluding carboxylic acids is 1. The second-order valence-corrected chi connectivity index (χ2v) is 8.23. The van der Waals surface area contributed by atoms with Crippen molar-refractivity contribution in [2.24, 2.45) is 4.99 Å². The SMILES string of the molecule is C#CCOc1c(Br)cc(/C=C2/SC(=Nc3ccc(OC)cc3)NC2=O)cc1Br. The van der Waals surface area contributed by atoms with Gasteiger partial charge in [-0.2, -0.15) is 0 Å². The first-order chi connectivity index (χ1) is 13.5. The van der Waals surface area contributed by atoms with Crippen LogP contribution >= 0.6 is 43.6 Å².